The monoisotopic (exact) mass is 340 g/mol. The molecular formula is C21H28N2O2. The van der Waals surface area contributed by atoms with Crippen molar-refractivity contribution >= 4 is 5.69 Å². The van der Waals surface area contributed by atoms with Crippen LogP contribution in [-0.2, 0) is 0 Å². The molecule has 2 N–H and O–H groups in total. The molecular weight excluding hydrogens is 312 g/mol. The van der Waals surface area contributed by atoms with E-state index in [1.165, 1.54) is 16.7 Å². The lowest BCUT2D eigenvalue weighted by Gasteiger charge is -2.38. The van der Waals surface area contributed by atoms with Gasteiger partial charge in [-0.15, -0.1) is 0 Å². The molecule has 25 heavy (non-hydrogen) atoms. The SMILES string of the molecule is COc1ccc(OC)c(N2CC(N)CC(c3ccc(C)c(C)c3)C2)c1. The quantitative estimate of drug-likeness (QED) is 0.923. The predicted molar refractivity (Wildman–Crippen MR) is 103 cm³/mol. The van der Waals surface area contributed by atoms with Crippen molar-refractivity contribution in [1.29, 1.82) is 0 Å². The molecule has 0 aromatic heterocycles. The Hall–Kier alpha value is -2.20. The van der Waals surface area contributed by atoms with Crippen LogP contribution >= 0.6 is 0 Å². The summed E-state index contributed by atoms with van der Waals surface area (Å²) < 4.78 is 11.0. The van der Waals surface area contributed by atoms with E-state index in [0.717, 1.165) is 36.7 Å². The third-order valence-corrected chi connectivity index (χ3v) is 5.21. The van der Waals surface area contributed by atoms with Gasteiger partial charge in [0, 0.05) is 31.1 Å². The Kier molecular flexibility index (Phi) is 5.19. The first-order chi connectivity index (χ1) is 12.0. The van der Waals surface area contributed by atoms with Crippen LogP contribution in [0, 0.1) is 13.8 Å². The van der Waals surface area contributed by atoms with Crippen LogP contribution in [0.15, 0.2) is 36.4 Å². The minimum absolute atomic E-state index is 0.135. The van der Waals surface area contributed by atoms with Crippen molar-refractivity contribution in [3.8, 4) is 11.5 Å². The molecule has 1 saturated heterocycles. The largest absolute Gasteiger partial charge is 0.497 e. The first-order valence-corrected chi connectivity index (χ1v) is 8.81. The summed E-state index contributed by atoms with van der Waals surface area (Å²) >= 11 is 0. The molecule has 1 fully saturated rings. The fraction of sp³-hybridized carbons (Fsp3) is 0.429. The summed E-state index contributed by atoms with van der Waals surface area (Å²) in [6.07, 6.45) is 1.01. The lowest BCUT2D eigenvalue weighted by atomic mass is 9.86. The normalized spacial score (nSPS) is 20.4. The van der Waals surface area contributed by atoms with Gasteiger partial charge in [0.2, 0.25) is 0 Å². The molecule has 1 heterocycles. The van der Waals surface area contributed by atoms with Crippen molar-refractivity contribution in [1.82, 2.24) is 0 Å². The lowest BCUT2D eigenvalue weighted by molar-refractivity contribution is 0.397. The van der Waals surface area contributed by atoms with Gasteiger partial charge in [-0.2, -0.15) is 0 Å². The van der Waals surface area contributed by atoms with Gasteiger partial charge in [-0.05, 0) is 49.1 Å². The molecule has 0 amide bonds. The Morgan fingerprint density at radius 3 is 2.44 bits per heavy atom. The minimum atomic E-state index is 0.135. The molecule has 2 unspecified atom stereocenters. The van der Waals surface area contributed by atoms with E-state index in [1.807, 2.05) is 18.2 Å². The zero-order valence-corrected chi connectivity index (χ0v) is 15.6. The van der Waals surface area contributed by atoms with E-state index in [0.29, 0.717) is 5.92 Å². The highest BCUT2D eigenvalue weighted by atomic mass is 16.5. The molecule has 0 bridgehead atoms. The second-order valence-electron chi connectivity index (χ2n) is 6.98. The standard InChI is InChI=1S/C21H28N2O2/c1-14-5-6-16(9-15(14)2)17-10-18(22)13-23(12-17)20-11-19(24-3)7-8-21(20)25-4/h5-9,11,17-18H,10,12-13,22H2,1-4H3. The molecule has 0 spiro atoms. The van der Waals surface area contributed by atoms with Gasteiger partial charge in [-0.25, -0.2) is 0 Å². The van der Waals surface area contributed by atoms with Gasteiger partial charge >= 0.3 is 0 Å². The Labute approximate surface area is 150 Å². The van der Waals surface area contributed by atoms with E-state index in [9.17, 15) is 0 Å². The van der Waals surface area contributed by atoms with Crippen LogP contribution in [0.2, 0.25) is 0 Å². The highest BCUT2D eigenvalue weighted by molar-refractivity contribution is 5.62. The van der Waals surface area contributed by atoms with Crippen LogP contribution in [0.25, 0.3) is 0 Å². The number of anilines is 1. The average molecular weight is 340 g/mol. The van der Waals surface area contributed by atoms with E-state index < -0.39 is 0 Å². The summed E-state index contributed by atoms with van der Waals surface area (Å²) in [4.78, 5) is 2.33. The molecule has 4 nitrogen and oxygen atoms in total. The average Bonchev–Trinajstić information content (AvgIpc) is 2.62. The number of methoxy groups -OCH3 is 2. The summed E-state index contributed by atoms with van der Waals surface area (Å²) in [6, 6.07) is 12.8. The number of rotatable bonds is 4. The maximum atomic E-state index is 6.41. The molecule has 134 valence electrons. The second-order valence-corrected chi connectivity index (χ2v) is 6.98. The summed E-state index contributed by atoms with van der Waals surface area (Å²) in [5, 5.41) is 0. The molecule has 3 rings (SSSR count). The Balaban J connectivity index is 1.91. The van der Waals surface area contributed by atoms with Gasteiger partial charge in [-0.1, -0.05) is 18.2 Å². The van der Waals surface area contributed by atoms with Crippen molar-refractivity contribution in [3.05, 3.63) is 53.1 Å². The molecule has 0 saturated carbocycles. The lowest BCUT2D eigenvalue weighted by Crippen LogP contribution is -2.46. The van der Waals surface area contributed by atoms with Crippen LogP contribution in [0.4, 0.5) is 5.69 Å². The Morgan fingerprint density at radius 1 is 0.960 bits per heavy atom. The molecule has 0 aliphatic carbocycles. The van der Waals surface area contributed by atoms with Gasteiger partial charge < -0.3 is 20.1 Å². The smallest absolute Gasteiger partial charge is 0.142 e. The predicted octanol–water partition coefficient (Wildman–Crippen LogP) is 3.64. The first kappa shape index (κ1) is 17.6. The van der Waals surface area contributed by atoms with Crippen molar-refractivity contribution in [2.24, 2.45) is 5.73 Å². The third-order valence-electron chi connectivity index (χ3n) is 5.21. The van der Waals surface area contributed by atoms with Gasteiger partial charge in [0.15, 0.2) is 0 Å². The van der Waals surface area contributed by atoms with E-state index in [2.05, 4.69) is 36.9 Å². The topological polar surface area (TPSA) is 47.7 Å². The zero-order valence-electron chi connectivity index (χ0n) is 15.6. The van der Waals surface area contributed by atoms with Crippen LogP contribution in [0.3, 0.4) is 0 Å². The van der Waals surface area contributed by atoms with Crippen LogP contribution in [0.5, 0.6) is 11.5 Å². The fourth-order valence-electron chi connectivity index (χ4n) is 3.64. The zero-order chi connectivity index (χ0) is 18.0. The second kappa shape index (κ2) is 7.36. The van der Waals surface area contributed by atoms with Gasteiger partial charge in [0.1, 0.15) is 11.5 Å². The number of ether oxygens (including phenoxy) is 2. The van der Waals surface area contributed by atoms with Gasteiger partial charge in [0.05, 0.1) is 19.9 Å². The number of hydrogen-bond donors (Lipinski definition) is 1. The minimum Gasteiger partial charge on any atom is -0.497 e. The fourth-order valence-corrected chi connectivity index (χ4v) is 3.64. The number of benzene rings is 2. The molecule has 2 atom stereocenters. The van der Waals surface area contributed by atoms with Gasteiger partial charge in [-0.3, -0.25) is 0 Å². The van der Waals surface area contributed by atoms with Crippen LogP contribution in [0.1, 0.15) is 29.0 Å². The molecule has 2 aromatic rings. The number of nitrogens with two attached hydrogens (primary N) is 1. The molecule has 4 heteroatoms. The molecule has 0 radical (unpaired) electrons. The van der Waals surface area contributed by atoms with Crippen molar-refractivity contribution in [2.45, 2.75) is 32.2 Å². The summed E-state index contributed by atoms with van der Waals surface area (Å²) in [5.74, 6) is 2.10. The van der Waals surface area contributed by atoms with E-state index in [-0.39, 0.29) is 6.04 Å². The number of hydrogen-bond acceptors (Lipinski definition) is 4. The maximum Gasteiger partial charge on any atom is 0.142 e. The van der Waals surface area contributed by atoms with Gasteiger partial charge in [0.25, 0.3) is 0 Å². The van der Waals surface area contributed by atoms with Crippen molar-refractivity contribution < 1.29 is 9.47 Å². The highest BCUT2D eigenvalue weighted by Gasteiger charge is 2.28. The third kappa shape index (κ3) is 3.74. The Bertz CT molecular complexity index is 745. The van der Waals surface area contributed by atoms with Crippen LogP contribution in [-0.4, -0.2) is 33.4 Å². The summed E-state index contributed by atoms with van der Waals surface area (Å²) in [6.45, 7) is 6.08. The summed E-state index contributed by atoms with van der Waals surface area (Å²) in [7, 11) is 3.39. The number of aryl methyl sites for hydroxylation is 2. The number of nitrogens with zero attached hydrogens (tertiary/aromatic N) is 1. The summed E-state index contributed by atoms with van der Waals surface area (Å²) in [5.41, 5.74) is 11.5. The first-order valence-electron chi connectivity index (χ1n) is 8.81. The highest BCUT2D eigenvalue weighted by Crippen LogP contribution is 2.37. The van der Waals surface area contributed by atoms with E-state index in [4.69, 9.17) is 15.2 Å². The maximum absolute atomic E-state index is 6.41. The molecule has 1 aliphatic heterocycles. The van der Waals surface area contributed by atoms with E-state index >= 15 is 0 Å². The van der Waals surface area contributed by atoms with Crippen molar-refractivity contribution in [2.75, 3.05) is 32.2 Å². The number of piperidine rings is 1. The van der Waals surface area contributed by atoms with Crippen molar-refractivity contribution in [3.63, 3.8) is 0 Å². The molecule has 1 aliphatic rings. The van der Waals surface area contributed by atoms with E-state index in [1.54, 1.807) is 14.2 Å². The molecule has 2 aromatic carbocycles. The Morgan fingerprint density at radius 2 is 1.76 bits per heavy atom. The van der Waals surface area contributed by atoms with Crippen LogP contribution < -0.4 is 20.1 Å².